The summed E-state index contributed by atoms with van der Waals surface area (Å²) in [4.78, 5) is 8.30. The number of ether oxygens (including phenoxy) is 4. The van der Waals surface area contributed by atoms with E-state index in [1.807, 2.05) is 6.07 Å². The molecular formula is C19H26N2O5. The SMILES string of the molecule is COc1cc(C2ON=C(CN3CCCCC3)C2C)c(OC)c2c1OCO2. The van der Waals surface area contributed by atoms with Crippen molar-refractivity contribution in [2.45, 2.75) is 32.3 Å². The van der Waals surface area contributed by atoms with Crippen molar-refractivity contribution in [3.63, 3.8) is 0 Å². The average Bonchev–Trinajstić information content (AvgIpc) is 3.29. The van der Waals surface area contributed by atoms with Gasteiger partial charge in [0.05, 0.1) is 19.9 Å². The van der Waals surface area contributed by atoms with Crippen molar-refractivity contribution in [2.75, 3.05) is 40.6 Å². The van der Waals surface area contributed by atoms with Gasteiger partial charge in [0.25, 0.3) is 0 Å². The second kappa shape index (κ2) is 7.23. The van der Waals surface area contributed by atoms with Crippen molar-refractivity contribution < 1.29 is 23.8 Å². The van der Waals surface area contributed by atoms with Gasteiger partial charge in [-0.3, -0.25) is 4.90 Å². The number of likely N-dealkylation sites (tertiary alicyclic amines) is 1. The molecule has 1 aromatic carbocycles. The molecule has 2 atom stereocenters. The molecule has 4 rings (SSSR count). The summed E-state index contributed by atoms with van der Waals surface area (Å²) >= 11 is 0. The van der Waals surface area contributed by atoms with E-state index < -0.39 is 0 Å². The van der Waals surface area contributed by atoms with E-state index in [-0.39, 0.29) is 18.8 Å². The zero-order chi connectivity index (χ0) is 18.1. The molecule has 0 aliphatic carbocycles. The quantitative estimate of drug-likeness (QED) is 0.802. The molecule has 1 saturated heterocycles. The minimum absolute atomic E-state index is 0.149. The fourth-order valence-electron chi connectivity index (χ4n) is 3.93. The molecule has 0 bridgehead atoms. The van der Waals surface area contributed by atoms with Crippen LogP contribution in [0.2, 0.25) is 0 Å². The molecule has 0 saturated carbocycles. The maximum absolute atomic E-state index is 5.84. The molecule has 1 aromatic rings. The van der Waals surface area contributed by atoms with E-state index in [4.69, 9.17) is 23.8 Å². The molecule has 0 N–H and O–H groups in total. The second-order valence-corrected chi connectivity index (χ2v) is 7.00. The first-order valence-electron chi connectivity index (χ1n) is 9.22. The number of hydrogen-bond donors (Lipinski definition) is 0. The Hall–Kier alpha value is -2.15. The number of rotatable bonds is 5. The minimum atomic E-state index is -0.229. The number of hydrogen-bond acceptors (Lipinski definition) is 7. The largest absolute Gasteiger partial charge is 0.493 e. The molecule has 3 heterocycles. The van der Waals surface area contributed by atoms with Crippen molar-refractivity contribution in [3.8, 4) is 23.0 Å². The van der Waals surface area contributed by atoms with Gasteiger partial charge < -0.3 is 23.8 Å². The van der Waals surface area contributed by atoms with E-state index in [1.165, 1.54) is 19.3 Å². The van der Waals surface area contributed by atoms with Gasteiger partial charge in [-0.05, 0) is 32.0 Å². The Balaban J connectivity index is 1.58. The first kappa shape index (κ1) is 17.3. The lowest BCUT2D eigenvalue weighted by atomic mass is 9.92. The molecule has 7 heteroatoms. The fourth-order valence-corrected chi connectivity index (χ4v) is 3.93. The van der Waals surface area contributed by atoms with E-state index in [9.17, 15) is 0 Å². The zero-order valence-corrected chi connectivity index (χ0v) is 15.6. The Morgan fingerprint density at radius 2 is 1.88 bits per heavy atom. The van der Waals surface area contributed by atoms with Crippen LogP contribution < -0.4 is 18.9 Å². The highest BCUT2D eigenvalue weighted by Crippen LogP contribution is 2.53. The van der Waals surface area contributed by atoms with Crippen LogP contribution in [-0.4, -0.2) is 51.3 Å². The van der Waals surface area contributed by atoms with Crippen LogP contribution in [0.1, 0.15) is 37.9 Å². The summed E-state index contributed by atoms with van der Waals surface area (Å²) in [6.07, 6.45) is 3.62. The highest BCUT2D eigenvalue weighted by molar-refractivity contribution is 5.90. The summed E-state index contributed by atoms with van der Waals surface area (Å²) in [6.45, 7) is 5.44. The third-order valence-corrected chi connectivity index (χ3v) is 5.42. The van der Waals surface area contributed by atoms with E-state index in [0.29, 0.717) is 23.0 Å². The van der Waals surface area contributed by atoms with Gasteiger partial charge in [0, 0.05) is 18.0 Å². The van der Waals surface area contributed by atoms with Gasteiger partial charge >= 0.3 is 0 Å². The first-order valence-corrected chi connectivity index (χ1v) is 9.22. The van der Waals surface area contributed by atoms with Crippen LogP contribution in [-0.2, 0) is 4.84 Å². The molecule has 26 heavy (non-hydrogen) atoms. The van der Waals surface area contributed by atoms with Crippen LogP contribution in [0.25, 0.3) is 0 Å². The molecule has 0 aromatic heterocycles. The number of piperidine rings is 1. The lowest BCUT2D eigenvalue weighted by Crippen LogP contribution is -2.36. The van der Waals surface area contributed by atoms with Crippen LogP contribution in [0.5, 0.6) is 23.0 Å². The molecule has 1 fully saturated rings. The van der Waals surface area contributed by atoms with Crippen LogP contribution in [0.4, 0.5) is 0 Å². The number of nitrogens with zero attached hydrogens (tertiary/aromatic N) is 2. The topological polar surface area (TPSA) is 61.8 Å². The maximum Gasteiger partial charge on any atom is 0.231 e. The monoisotopic (exact) mass is 362 g/mol. The molecule has 7 nitrogen and oxygen atoms in total. The van der Waals surface area contributed by atoms with Crippen molar-refractivity contribution >= 4 is 5.71 Å². The highest BCUT2D eigenvalue weighted by Gasteiger charge is 2.38. The lowest BCUT2D eigenvalue weighted by molar-refractivity contribution is 0.0628. The van der Waals surface area contributed by atoms with E-state index in [0.717, 1.165) is 30.9 Å². The van der Waals surface area contributed by atoms with E-state index in [2.05, 4.69) is 17.0 Å². The molecule has 142 valence electrons. The molecular weight excluding hydrogens is 336 g/mol. The van der Waals surface area contributed by atoms with E-state index >= 15 is 0 Å². The molecule has 0 amide bonds. The highest BCUT2D eigenvalue weighted by atomic mass is 16.7. The molecule has 3 aliphatic heterocycles. The van der Waals surface area contributed by atoms with Gasteiger partial charge in [-0.25, -0.2) is 0 Å². The van der Waals surface area contributed by atoms with Crippen molar-refractivity contribution in [1.29, 1.82) is 0 Å². The van der Waals surface area contributed by atoms with Crippen LogP contribution >= 0.6 is 0 Å². The zero-order valence-electron chi connectivity index (χ0n) is 15.6. The van der Waals surface area contributed by atoms with Crippen LogP contribution in [0.3, 0.4) is 0 Å². The van der Waals surface area contributed by atoms with Gasteiger partial charge in [-0.1, -0.05) is 18.5 Å². The van der Waals surface area contributed by atoms with Gasteiger partial charge in [-0.2, -0.15) is 0 Å². The van der Waals surface area contributed by atoms with Crippen LogP contribution in [0, 0.1) is 5.92 Å². The summed E-state index contributed by atoms with van der Waals surface area (Å²) in [5, 5.41) is 4.40. The molecule has 0 radical (unpaired) electrons. The summed E-state index contributed by atoms with van der Waals surface area (Å²) < 4.78 is 22.3. The summed E-state index contributed by atoms with van der Waals surface area (Å²) in [5.74, 6) is 2.55. The first-order chi connectivity index (χ1) is 12.7. The number of benzene rings is 1. The Labute approximate surface area is 153 Å². The average molecular weight is 362 g/mol. The molecule has 2 unspecified atom stereocenters. The standard InChI is InChI=1S/C19H26N2O5/c1-12-14(10-21-7-5-4-6-8-21)20-26-16(12)13-9-15(22-2)18-19(17(13)23-3)25-11-24-18/h9,12,16H,4-8,10-11H2,1-3H3. The number of fused-ring (bicyclic) bond motifs is 1. The van der Waals surface area contributed by atoms with Gasteiger partial charge in [0.15, 0.2) is 17.6 Å². The summed E-state index contributed by atoms with van der Waals surface area (Å²) in [7, 11) is 3.24. The fraction of sp³-hybridized carbons (Fsp3) is 0.632. The smallest absolute Gasteiger partial charge is 0.231 e. The Bertz CT molecular complexity index is 700. The minimum Gasteiger partial charge on any atom is -0.493 e. The Kier molecular flexibility index (Phi) is 4.80. The molecule has 3 aliphatic rings. The Morgan fingerprint density at radius 3 is 2.62 bits per heavy atom. The predicted octanol–water partition coefficient (Wildman–Crippen LogP) is 2.98. The maximum atomic E-state index is 5.84. The van der Waals surface area contributed by atoms with Crippen molar-refractivity contribution in [1.82, 2.24) is 4.90 Å². The predicted molar refractivity (Wildman–Crippen MR) is 96.4 cm³/mol. The van der Waals surface area contributed by atoms with Crippen molar-refractivity contribution in [3.05, 3.63) is 11.6 Å². The second-order valence-electron chi connectivity index (χ2n) is 7.00. The lowest BCUT2D eigenvalue weighted by Gasteiger charge is -2.27. The van der Waals surface area contributed by atoms with E-state index in [1.54, 1.807) is 14.2 Å². The van der Waals surface area contributed by atoms with Gasteiger partial charge in [0.1, 0.15) is 0 Å². The summed E-state index contributed by atoms with van der Waals surface area (Å²) in [5.41, 5.74) is 1.95. The third kappa shape index (κ3) is 2.94. The van der Waals surface area contributed by atoms with Crippen molar-refractivity contribution in [2.24, 2.45) is 11.1 Å². The summed E-state index contributed by atoms with van der Waals surface area (Å²) in [6, 6.07) is 1.91. The number of oxime groups is 1. The third-order valence-electron chi connectivity index (χ3n) is 5.42. The van der Waals surface area contributed by atoms with Gasteiger partial charge in [-0.15, -0.1) is 0 Å². The Morgan fingerprint density at radius 1 is 1.12 bits per heavy atom. The van der Waals surface area contributed by atoms with Gasteiger partial charge in [0.2, 0.25) is 18.3 Å². The van der Waals surface area contributed by atoms with Crippen LogP contribution in [0.15, 0.2) is 11.2 Å². The normalized spacial score (nSPS) is 25.0. The number of methoxy groups -OCH3 is 2. The molecule has 0 spiro atoms.